The molecular formula is C50H33N. The van der Waals surface area contributed by atoms with Gasteiger partial charge >= 0.3 is 0 Å². The number of para-hydroxylation sites is 1. The van der Waals surface area contributed by atoms with Gasteiger partial charge in [-0.05, 0) is 125 Å². The molecule has 0 aliphatic rings. The molecule has 51 heavy (non-hydrogen) atoms. The van der Waals surface area contributed by atoms with E-state index in [2.05, 4.69) is 205 Å². The zero-order valence-electron chi connectivity index (χ0n) is 28.0. The van der Waals surface area contributed by atoms with Crippen molar-refractivity contribution in [1.82, 2.24) is 0 Å². The van der Waals surface area contributed by atoms with Crippen LogP contribution in [0.25, 0.3) is 76.1 Å². The van der Waals surface area contributed by atoms with Crippen LogP contribution < -0.4 is 4.90 Å². The van der Waals surface area contributed by atoms with Crippen LogP contribution in [0.4, 0.5) is 17.1 Å². The van der Waals surface area contributed by atoms with Crippen LogP contribution in [0.5, 0.6) is 0 Å². The van der Waals surface area contributed by atoms with Crippen molar-refractivity contribution in [3.05, 3.63) is 200 Å². The highest BCUT2D eigenvalue weighted by molar-refractivity contribution is 6.25. The molecule has 238 valence electrons. The summed E-state index contributed by atoms with van der Waals surface area (Å²) < 4.78 is 0. The monoisotopic (exact) mass is 647 g/mol. The Labute approximate surface area is 297 Å². The van der Waals surface area contributed by atoms with Crippen LogP contribution >= 0.6 is 0 Å². The summed E-state index contributed by atoms with van der Waals surface area (Å²) in [7, 11) is 0. The lowest BCUT2D eigenvalue weighted by molar-refractivity contribution is 1.28. The molecule has 0 saturated heterocycles. The van der Waals surface area contributed by atoms with E-state index in [9.17, 15) is 0 Å². The number of anilines is 3. The Hall–Kier alpha value is -6.70. The second-order valence-corrected chi connectivity index (χ2v) is 13.3. The Morgan fingerprint density at radius 3 is 1.25 bits per heavy atom. The summed E-state index contributed by atoms with van der Waals surface area (Å²) in [6.45, 7) is 0. The fourth-order valence-electron chi connectivity index (χ4n) is 8.00. The van der Waals surface area contributed by atoms with Crippen LogP contribution in [-0.2, 0) is 0 Å². The van der Waals surface area contributed by atoms with Gasteiger partial charge in [0.1, 0.15) is 0 Å². The van der Waals surface area contributed by atoms with Crippen LogP contribution in [-0.4, -0.2) is 0 Å². The number of rotatable bonds is 5. The van der Waals surface area contributed by atoms with Gasteiger partial charge in [-0.25, -0.2) is 0 Å². The SMILES string of the molecule is c1ccc(N(c2ccc(-c3ccc4c5ccccc5c5ccccc5c4c3)cc2)c2ccc(-c3cc4ccccc4c4ccccc34)cc2)cc1. The Morgan fingerprint density at radius 1 is 0.235 bits per heavy atom. The van der Waals surface area contributed by atoms with Crippen molar-refractivity contribution in [2.24, 2.45) is 0 Å². The molecule has 0 amide bonds. The van der Waals surface area contributed by atoms with Gasteiger partial charge in [-0.2, -0.15) is 0 Å². The van der Waals surface area contributed by atoms with Gasteiger partial charge in [-0.15, -0.1) is 0 Å². The van der Waals surface area contributed by atoms with Gasteiger partial charge in [-0.1, -0.05) is 152 Å². The van der Waals surface area contributed by atoms with Crippen molar-refractivity contribution in [3.63, 3.8) is 0 Å². The maximum absolute atomic E-state index is 2.36. The van der Waals surface area contributed by atoms with Gasteiger partial charge < -0.3 is 4.90 Å². The molecule has 0 aromatic heterocycles. The molecule has 0 N–H and O–H groups in total. The van der Waals surface area contributed by atoms with Crippen molar-refractivity contribution in [3.8, 4) is 22.3 Å². The molecule has 0 saturated carbocycles. The number of hydrogen-bond donors (Lipinski definition) is 0. The molecule has 0 aliphatic carbocycles. The average Bonchev–Trinajstić information content (AvgIpc) is 3.21. The fraction of sp³-hybridized carbons (Fsp3) is 0. The number of hydrogen-bond acceptors (Lipinski definition) is 1. The fourth-order valence-corrected chi connectivity index (χ4v) is 8.00. The summed E-state index contributed by atoms with van der Waals surface area (Å²) in [5.74, 6) is 0. The smallest absolute Gasteiger partial charge is 0.0462 e. The third kappa shape index (κ3) is 4.94. The molecule has 10 aromatic carbocycles. The molecule has 0 spiro atoms. The molecule has 0 fully saturated rings. The van der Waals surface area contributed by atoms with E-state index in [1.54, 1.807) is 0 Å². The van der Waals surface area contributed by atoms with Gasteiger partial charge in [0.25, 0.3) is 0 Å². The molecule has 1 heteroatoms. The van der Waals surface area contributed by atoms with E-state index in [-0.39, 0.29) is 0 Å². The van der Waals surface area contributed by atoms with Crippen LogP contribution in [0.15, 0.2) is 200 Å². The minimum atomic E-state index is 1.12. The third-order valence-electron chi connectivity index (χ3n) is 10.4. The van der Waals surface area contributed by atoms with Crippen molar-refractivity contribution in [1.29, 1.82) is 0 Å². The molecule has 0 heterocycles. The van der Waals surface area contributed by atoms with Crippen LogP contribution in [0.3, 0.4) is 0 Å². The first-order valence-corrected chi connectivity index (χ1v) is 17.6. The Kier molecular flexibility index (Phi) is 6.89. The lowest BCUT2D eigenvalue weighted by Crippen LogP contribution is -2.09. The summed E-state index contributed by atoms with van der Waals surface area (Å²) in [5, 5.41) is 12.9. The standard InChI is InChI=1S/C50H33N/c1-2-13-38(14-3-1)51(40-29-24-35(25-30-40)49-33-37-12-4-5-15-41(37)42-16-6-10-20-46(42)49)39-27-22-34(23-28-39)36-26-31-48-45-19-8-7-17-43(45)44-18-9-11-21-47(44)50(48)32-36/h1-33H. The lowest BCUT2D eigenvalue weighted by atomic mass is 9.92. The molecule has 10 rings (SSSR count). The number of fused-ring (bicyclic) bond motifs is 9. The Morgan fingerprint density at radius 2 is 0.647 bits per heavy atom. The molecule has 10 aromatic rings. The lowest BCUT2D eigenvalue weighted by Gasteiger charge is -2.26. The Bertz CT molecular complexity index is 2850. The topological polar surface area (TPSA) is 3.24 Å². The van der Waals surface area contributed by atoms with Crippen LogP contribution in [0.1, 0.15) is 0 Å². The highest BCUT2D eigenvalue weighted by Gasteiger charge is 2.15. The largest absolute Gasteiger partial charge is 0.311 e. The van der Waals surface area contributed by atoms with E-state index >= 15 is 0 Å². The predicted molar refractivity (Wildman–Crippen MR) is 220 cm³/mol. The maximum Gasteiger partial charge on any atom is 0.0462 e. The van der Waals surface area contributed by atoms with Gasteiger partial charge in [0.05, 0.1) is 0 Å². The van der Waals surface area contributed by atoms with Gasteiger partial charge in [0, 0.05) is 17.1 Å². The Balaban J connectivity index is 1.05. The van der Waals surface area contributed by atoms with Gasteiger partial charge in [-0.3, -0.25) is 0 Å². The van der Waals surface area contributed by atoms with Crippen LogP contribution in [0.2, 0.25) is 0 Å². The third-order valence-corrected chi connectivity index (χ3v) is 10.4. The predicted octanol–water partition coefficient (Wildman–Crippen LogP) is 14.3. The minimum absolute atomic E-state index is 1.12. The highest BCUT2D eigenvalue weighted by atomic mass is 15.1. The quantitative estimate of drug-likeness (QED) is 0.168. The summed E-state index contributed by atoms with van der Waals surface area (Å²) in [5.41, 5.74) is 8.23. The van der Waals surface area contributed by atoms with Crippen molar-refractivity contribution < 1.29 is 0 Å². The molecule has 0 unspecified atom stereocenters. The number of benzene rings is 10. The number of nitrogens with zero attached hydrogens (tertiary/aromatic N) is 1. The van der Waals surface area contributed by atoms with Crippen molar-refractivity contribution in [2.75, 3.05) is 4.90 Å². The zero-order valence-corrected chi connectivity index (χ0v) is 28.0. The summed E-state index contributed by atoms with van der Waals surface area (Å²) in [6.07, 6.45) is 0. The molecule has 1 nitrogen and oxygen atoms in total. The van der Waals surface area contributed by atoms with Crippen LogP contribution in [0, 0.1) is 0 Å². The second-order valence-electron chi connectivity index (χ2n) is 13.3. The molecule has 0 aliphatic heterocycles. The first kappa shape index (κ1) is 29.2. The van der Waals surface area contributed by atoms with E-state index in [1.807, 2.05) is 0 Å². The van der Waals surface area contributed by atoms with Gasteiger partial charge in [0.2, 0.25) is 0 Å². The minimum Gasteiger partial charge on any atom is -0.311 e. The van der Waals surface area contributed by atoms with E-state index in [1.165, 1.54) is 76.1 Å². The second kappa shape index (κ2) is 12.0. The molecule has 0 radical (unpaired) electrons. The molecule has 0 bridgehead atoms. The summed E-state index contributed by atoms with van der Waals surface area (Å²) >= 11 is 0. The first-order chi connectivity index (χ1) is 25.3. The van der Waals surface area contributed by atoms with E-state index in [4.69, 9.17) is 0 Å². The summed E-state index contributed by atoms with van der Waals surface area (Å²) in [6, 6.07) is 72.9. The maximum atomic E-state index is 2.36. The van der Waals surface area contributed by atoms with Gasteiger partial charge in [0.15, 0.2) is 0 Å². The van der Waals surface area contributed by atoms with E-state index in [0.29, 0.717) is 0 Å². The zero-order chi connectivity index (χ0) is 33.7. The summed E-state index contributed by atoms with van der Waals surface area (Å²) in [4.78, 5) is 2.34. The highest BCUT2D eigenvalue weighted by Crippen LogP contribution is 2.41. The normalized spacial score (nSPS) is 11.5. The molecular weight excluding hydrogens is 615 g/mol. The first-order valence-electron chi connectivity index (χ1n) is 17.6. The van der Waals surface area contributed by atoms with E-state index in [0.717, 1.165) is 17.1 Å². The molecule has 0 atom stereocenters. The van der Waals surface area contributed by atoms with E-state index < -0.39 is 0 Å². The van der Waals surface area contributed by atoms with Crippen molar-refractivity contribution in [2.45, 2.75) is 0 Å². The average molecular weight is 648 g/mol. The van der Waals surface area contributed by atoms with Crippen molar-refractivity contribution >= 4 is 70.9 Å².